The number of anilines is 2. The third-order valence-corrected chi connectivity index (χ3v) is 3.94. The van der Waals surface area contributed by atoms with E-state index in [0.29, 0.717) is 24.2 Å². The number of fused-ring (bicyclic) bond motifs is 1. The predicted molar refractivity (Wildman–Crippen MR) is 83.3 cm³/mol. The zero-order chi connectivity index (χ0) is 15.7. The van der Waals surface area contributed by atoms with E-state index in [1.54, 1.807) is 12.3 Å². The molecule has 1 amide bonds. The summed E-state index contributed by atoms with van der Waals surface area (Å²) in [4.78, 5) is 11.4. The van der Waals surface area contributed by atoms with Crippen molar-refractivity contribution in [3.8, 4) is 0 Å². The highest BCUT2D eigenvalue weighted by molar-refractivity contribution is 5.94. The molecule has 0 saturated carbocycles. The Morgan fingerprint density at radius 2 is 2.27 bits per heavy atom. The first-order valence-corrected chi connectivity index (χ1v) is 7.48. The van der Waals surface area contributed by atoms with Crippen LogP contribution < -0.4 is 10.6 Å². The van der Waals surface area contributed by atoms with E-state index in [-0.39, 0.29) is 17.8 Å². The molecule has 1 unspecified atom stereocenters. The van der Waals surface area contributed by atoms with Gasteiger partial charge in [-0.15, -0.1) is 0 Å². The average Bonchev–Trinajstić information content (AvgIpc) is 2.97. The molecule has 3 rings (SSSR count). The molecule has 6 heteroatoms. The number of amides is 1. The van der Waals surface area contributed by atoms with E-state index in [4.69, 9.17) is 0 Å². The molecule has 0 fully saturated rings. The van der Waals surface area contributed by atoms with Crippen molar-refractivity contribution in [3.05, 3.63) is 41.5 Å². The summed E-state index contributed by atoms with van der Waals surface area (Å²) in [6, 6.07) is 3.12. The Balaban J connectivity index is 1.81. The number of aryl methyl sites for hydroxylation is 2. The van der Waals surface area contributed by atoms with Gasteiger partial charge in [0.2, 0.25) is 5.91 Å². The van der Waals surface area contributed by atoms with Crippen LogP contribution in [0.5, 0.6) is 0 Å². The minimum Gasteiger partial charge on any atom is -0.376 e. The molecule has 1 aromatic carbocycles. The van der Waals surface area contributed by atoms with E-state index in [1.807, 2.05) is 24.7 Å². The topological polar surface area (TPSA) is 59.0 Å². The Bertz CT molecular complexity index is 710. The summed E-state index contributed by atoms with van der Waals surface area (Å²) < 4.78 is 16.1. The molecule has 0 aliphatic carbocycles. The molecule has 2 aromatic rings. The van der Waals surface area contributed by atoms with Crippen molar-refractivity contribution in [2.75, 3.05) is 10.6 Å². The second-order valence-electron chi connectivity index (χ2n) is 5.53. The highest BCUT2D eigenvalue weighted by atomic mass is 19.1. The van der Waals surface area contributed by atoms with Gasteiger partial charge < -0.3 is 10.6 Å². The number of hydrogen-bond donors (Lipinski definition) is 2. The van der Waals surface area contributed by atoms with Gasteiger partial charge in [-0.3, -0.25) is 9.48 Å². The standard InChI is InChI=1S/C16H19FN4O/c1-3-21-9-12(8-18-21)10(2)19-15-6-11-4-5-16(22)20-14(11)7-13(15)17/h6-10,19H,3-5H2,1-2H3,(H,20,22). The molecular weight excluding hydrogens is 283 g/mol. The lowest BCUT2D eigenvalue weighted by atomic mass is 10.0. The number of nitrogens with zero attached hydrogens (tertiary/aromatic N) is 2. The lowest BCUT2D eigenvalue weighted by Crippen LogP contribution is -2.19. The van der Waals surface area contributed by atoms with Crippen LogP contribution in [0.3, 0.4) is 0 Å². The van der Waals surface area contributed by atoms with Gasteiger partial charge in [0, 0.05) is 30.4 Å². The van der Waals surface area contributed by atoms with E-state index in [0.717, 1.165) is 17.7 Å². The van der Waals surface area contributed by atoms with E-state index in [2.05, 4.69) is 15.7 Å². The zero-order valence-corrected chi connectivity index (χ0v) is 12.7. The van der Waals surface area contributed by atoms with Crippen molar-refractivity contribution in [2.45, 2.75) is 39.3 Å². The van der Waals surface area contributed by atoms with Crippen molar-refractivity contribution in [1.29, 1.82) is 0 Å². The van der Waals surface area contributed by atoms with Gasteiger partial charge in [-0.05, 0) is 38.0 Å². The van der Waals surface area contributed by atoms with E-state index in [1.165, 1.54) is 6.07 Å². The van der Waals surface area contributed by atoms with Crippen LogP contribution >= 0.6 is 0 Å². The summed E-state index contributed by atoms with van der Waals surface area (Å²) in [5, 5.41) is 10.1. The second-order valence-corrected chi connectivity index (χ2v) is 5.53. The first kappa shape index (κ1) is 14.6. The van der Waals surface area contributed by atoms with Gasteiger partial charge in [0.15, 0.2) is 0 Å². The molecule has 1 atom stereocenters. The van der Waals surface area contributed by atoms with Crippen LogP contribution in [-0.4, -0.2) is 15.7 Å². The average molecular weight is 302 g/mol. The molecule has 2 N–H and O–H groups in total. The van der Waals surface area contributed by atoms with E-state index in [9.17, 15) is 9.18 Å². The molecule has 0 bridgehead atoms. The summed E-state index contributed by atoms with van der Waals surface area (Å²) in [5.74, 6) is -0.427. The Morgan fingerprint density at radius 1 is 1.45 bits per heavy atom. The van der Waals surface area contributed by atoms with E-state index >= 15 is 0 Å². The largest absolute Gasteiger partial charge is 0.376 e. The number of benzene rings is 1. The van der Waals surface area contributed by atoms with Crippen LogP contribution in [0.4, 0.5) is 15.8 Å². The molecule has 116 valence electrons. The number of halogens is 1. The van der Waals surface area contributed by atoms with Gasteiger partial charge in [0.05, 0.1) is 17.9 Å². The van der Waals surface area contributed by atoms with Crippen molar-refractivity contribution >= 4 is 17.3 Å². The minimum atomic E-state index is -0.365. The number of aromatic nitrogens is 2. The fourth-order valence-corrected chi connectivity index (χ4v) is 2.61. The molecule has 22 heavy (non-hydrogen) atoms. The van der Waals surface area contributed by atoms with Crippen LogP contribution in [0.1, 0.15) is 37.4 Å². The number of carbonyl (C=O) groups is 1. The quantitative estimate of drug-likeness (QED) is 0.912. The van der Waals surface area contributed by atoms with Crippen molar-refractivity contribution in [2.24, 2.45) is 0 Å². The molecule has 2 heterocycles. The lowest BCUT2D eigenvalue weighted by molar-refractivity contribution is -0.116. The first-order chi connectivity index (χ1) is 10.6. The normalized spacial score (nSPS) is 15.1. The van der Waals surface area contributed by atoms with Gasteiger partial charge in [0.1, 0.15) is 5.82 Å². The molecule has 0 saturated heterocycles. The molecule has 0 spiro atoms. The highest BCUT2D eigenvalue weighted by Gasteiger charge is 2.18. The Kier molecular flexibility index (Phi) is 3.83. The second kappa shape index (κ2) is 5.79. The number of hydrogen-bond acceptors (Lipinski definition) is 3. The van der Waals surface area contributed by atoms with Gasteiger partial charge in [-0.1, -0.05) is 0 Å². The lowest BCUT2D eigenvalue weighted by Gasteiger charge is -2.20. The Labute approximate surface area is 128 Å². The maximum absolute atomic E-state index is 14.2. The molecule has 0 radical (unpaired) electrons. The highest BCUT2D eigenvalue weighted by Crippen LogP contribution is 2.30. The maximum atomic E-state index is 14.2. The van der Waals surface area contributed by atoms with Crippen molar-refractivity contribution in [3.63, 3.8) is 0 Å². The van der Waals surface area contributed by atoms with Gasteiger partial charge in [-0.2, -0.15) is 5.10 Å². The summed E-state index contributed by atoms with van der Waals surface area (Å²) in [7, 11) is 0. The molecule has 1 aromatic heterocycles. The van der Waals surface area contributed by atoms with Crippen LogP contribution in [0.2, 0.25) is 0 Å². The smallest absolute Gasteiger partial charge is 0.224 e. The molecule has 1 aliphatic heterocycles. The number of carbonyl (C=O) groups excluding carboxylic acids is 1. The minimum absolute atomic E-state index is 0.0500. The summed E-state index contributed by atoms with van der Waals surface area (Å²) in [5.41, 5.74) is 2.99. The summed E-state index contributed by atoms with van der Waals surface area (Å²) in [6.07, 6.45) is 4.82. The van der Waals surface area contributed by atoms with Gasteiger partial charge in [0.25, 0.3) is 0 Å². The molecule has 5 nitrogen and oxygen atoms in total. The first-order valence-electron chi connectivity index (χ1n) is 7.48. The van der Waals surface area contributed by atoms with Crippen LogP contribution in [0, 0.1) is 5.82 Å². The summed E-state index contributed by atoms with van der Waals surface area (Å²) in [6.45, 7) is 4.80. The Morgan fingerprint density at radius 3 is 3.00 bits per heavy atom. The van der Waals surface area contributed by atoms with Gasteiger partial charge in [-0.25, -0.2) is 4.39 Å². The SMILES string of the molecule is CCn1cc(C(C)Nc2cc3c(cc2F)NC(=O)CC3)cn1. The Hall–Kier alpha value is -2.37. The summed E-state index contributed by atoms with van der Waals surface area (Å²) >= 11 is 0. The van der Waals surface area contributed by atoms with Crippen LogP contribution in [0.25, 0.3) is 0 Å². The molecule has 1 aliphatic rings. The fourth-order valence-electron chi connectivity index (χ4n) is 2.61. The fraction of sp³-hybridized carbons (Fsp3) is 0.375. The number of nitrogens with one attached hydrogen (secondary N) is 2. The maximum Gasteiger partial charge on any atom is 0.224 e. The van der Waals surface area contributed by atoms with Crippen LogP contribution in [0.15, 0.2) is 24.5 Å². The molecular formula is C16H19FN4O. The number of rotatable bonds is 4. The van der Waals surface area contributed by atoms with Crippen molar-refractivity contribution in [1.82, 2.24) is 9.78 Å². The van der Waals surface area contributed by atoms with Gasteiger partial charge >= 0.3 is 0 Å². The zero-order valence-electron chi connectivity index (χ0n) is 12.7. The predicted octanol–water partition coefficient (Wildman–Crippen LogP) is 3.10. The third-order valence-electron chi connectivity index (χ3n) is 3.94. The van der Waals surface area contributed by atoms with Crippen molar-refractivity contribution < 1.29 is 9.18 Å². The monoisotopic (exact) mass is 302 g/mol. The third kappa shape index (κ3) is 2.81. The van der Waals surface area contributed by atoms with E-state index < -0.39 is 0 Å². The van der Waals surface area contributed by atoms with Crippen LogP contribution in [-0.2, 0) is 17.8 Å².